The normalized spacial score (nSPS) is 24.3. The molecule has 0 aromatic carbocycles. The predicted molar refractivity (Wildman–Crippen MR) is 97.1 cm³/mol. The lowest BCUT2D eigenvalue weighted by Gasteiger charge is -2.27. The Hall–Kier alpha value is -2.74. The number of amides is 2. The van der Waals surface area contributed by atoms with Crippen LogP contribution in [0.4, 0.5) is 0 Å². The van der Waals surface area contributed by atoms with Gasteiger partial charge in [-0.25, -0.2) is 9.97 Å². The Kier molecular flexibility index (Phi) is 4.22. The van der Waals surface area contributed by atoms with Crippen LogP contribution in [0.5, 0.6) is 0 Å². The molecule has 2 saturated heterocycles. The summed E-state index contributed by atoms with van der Waals surface area (Å²) in [6.07, 6.45) is 3.18. The minimum atomic E-state index is -0.477. The van der Waals surface area contributed by atoms with E-state index in [0.29, 0.717) is 48.8 Å². The molecular formula is C19H23N5O3. The number of rotatable bonds is 3. The van der Waals surface area contributed by atoms with Gasteiger partial charge < -0.3 is 19.9 Å². The first kappa shape index (κ1) is 17.7. The molecule has 2 aliphatic rings. The van der Waals surface area contributed by atoms with Gasteiger partial charge in [-0.3, -0.25) is 9.59 Å². The van der Waals surface area contributed by atoms with Crippen molar-refractivity contribution in [3.8, 4) is 0 Å². The molecule has 0 radical (unpaired) electrons. The second-order valence-electron chi connectivity index (χ2n) is 7.59. The first-order valence-corrected chi connectivity index (χ1v) is 9.06. The number of nitrogens with one attached hydrogen (secondary N) is 1. The molecule has 8 heteroatoms. The zero-order valence-corrected chi connectivity index (χ0v) is 15.5. The molecule has 0 saturated carbocycles. The van der Waals surface area contributed by atoms with Crippen molar-refractivity contribution in [2.24, 2.45) is 11.3 Å². The van der Waals surface area contributed by atoms with Crippen molar-refractivity contribution in [3.05, 3.63) is 47.3 Å². The highest BCUT2D eigenvalue weighted by molar-refractivity contribution is 5.96. The molecule has 142 valence electrons. The first-order valence-electron chi connectivity index (χ1n) is 9.06. The smallest absolute Gasteiger partial charge is 0.270 e. The van der Waals surface area contributed by atoms with E-state index < -0.39 is 5.41 Å². The van der Waals surface area contributed by atoms with Crippen LogP contribution >= 0.6 is 0 Å². The second kappa shape index (κ2) is 6.45. The third kappa shape index (κ3) is 2.80. The molecule has 0 bridgehead atoms. The van der Waals surface area contributed by atoms with Crippen molar-refractivity contribution >= 4 is 11.8 Å². The lowest BCUT2D eigenvalue weighted by molar-refractivity contribution is 0.0663. The summed E-state index contributed by atoms with van der Waals surface area (Å²) in [4.78, 5) is 40.5. The summed E-state index contributed by atoms with van der Waals surface area (Å²) in [5, 5.41) is 10.1. The number of aliphatic hydroxyl groups excluding tert-OH is 1. The molecule has 2 aromatic rings. The fraction of sp³-hybridized carbons (Fsp3) is 0.474. The Bertz CT molecular complexity index is 861. The van der Waals surface area contributed by atoms with Gasteiger partial charge >= 0.3 is 0 Å². The van der Waals surface area contributed by atoms with E-state index in [2.05, 4.69) is 15.0 Å². The monoisotopic (exact) mass is 369 g/mol. The topological polar surface area (TPSA) is 102 Å². The van der Waals surface area contributed by atoms with E-state index in [1.165, 1.54) is 6.33 Å². The standard InChI is InChI=1S/C19H23N5O3/c1-12-16(13(2)22-11-21-12)18(27)24-7-14-6-23(8-19(14,9-24)10-25)17(26)15-4-3-5-20-15/h3-5,11,14,20,25H,6-10H2,1-2H3/t14-,19+/m1/s1. The molecule has 2 amide bonds. The van der Waals surface area contributed by atoms with Gasteiger partial charge in [0.1, 0.15) is 12.0 Å². The average Bonchev–Trinajstić information content (AvgIpc) is 3.35. The maximum absolute atomic E-state index is 13.1. The van der Waals surface area contributed by atoms with Gasteiger partial charge in [0.25, 0.3) is 11.8 Å². The quantitative estimate of drug-likeness (QED) is 0.826. The average molecular weight is 369 g/mol. The van der Waals surface area contributed by atoms with Crippen molar-refractivity contribution in [1.82, 2.24) is 24.8 Å². The van der Waals surface area contributed by atoms with Gasteiger partial charge in [-0.15, -0.1) is 0 Å². The third-order valence-corrected chi connectivity index (χ3v) is 5.92. The Balaban J connectivity index is 1.53. The third-order valence-electron chi connectivity index (χ3n) is 5.92. The number of aliphatic hydroxyl groups is 1. The molecule has 0 unspecified atom stereocenters. The fourth-order valence-electron chi connectivity index (χ4n) is 4.41. The number of nitrogens with zero attached hydrogens (tertiary/aromatic N) is 4. The van der Waals surface area contributed by atoms with E-state index in [1.54, 1.807) is 42.0 Å². The Labute approximate surface area is 157 Å². The van der Waals surface area contributed by atoms with Crippen LogP contribution in [-0.4, -0.2) is 74.5 Å². The molecule has 2 aromatic heterocycles. The van der Waals surface area contributed by atoms with Crippen LogP contribution in [0.25, 0.3) is 0 Å². The highest BCUT2D eigenvalue weighted by Gasteiger charge is 2.54. The summed E-state index contributed by atoms with van der Waals surface area (Å²) >= 11 is 0. The predicted octanol–water partition coefficient (Wildman–Crippen LogP) is 0.628. The molecule has 4 rings (SSSR count). The van der Waals surface area contributed by atoms with Gasteiger partial charge in [-0.2, -0.15) is 0 Å². The minimum absolute atomic E-state index is 0.0515. The summed E-state index contributed by atoms with van der Waals surface area (Å²) in [6.45, 7) is 5.47. The van der Waals surface area contributed by atoms with E-state index >= 15 is 0 Å². The summed E-state index contributed by atoms with van der Waals surface area (Å²) < 4.78 is 0. The van der Waals surface area contributed by atoms with Crippen LogP contribution < -0.4 is 0 Å². The van der Waals surface area contributed by atoms with E-state index in [4.69, 9.17) is 0 Å². The zero-order valence-electron chi connectivity index (χ0n) is 15.5. The van der Waals surface area contributed by atoms with Crippen molar-refractivity contribution < 1.29 is 14.7 Å². The molecule has 2 fully saturated rings. The van der Waals surface area contributed by atoms with Crippen LogP contribution in [0.15, 0.2) is 24.7 Å². The maximum atomic E-state index is 13.1. The number of aromatic amines is 1. The second-order valence-corrected chi connectivity index (χ2v) is 7.59. The van der Waals surface area contributed by atoms with Gasteiger partial charge in [0.2, 0.25) is 0 Å². The fourth-order valence-corrected chi connectivity index (χ4v) is 4.41. The van der Waals surface area contributed by atoms with Crippen LogP contribution in [-0.2, 0) is 0 Å². The maximum Gasteiger partial charge on any atom is 0.270 e. The number of H-pyrrole nitrogens is 1. The lowest BCUT2D eigenvalue weighted by Crippen LogP contribution is -2.40. The number of hydrogen-bond acceptors (Lipinski definition) is 5. The first-order chi connectivity index (χ1) is 12.9. The molecule has 27 heavy (non-hydrogen) atoms. The molecule has 0 aliphatic carbocycles. The van der Waals surface area contributed by atoms with Crippen LogP contribution in [0.3, 0.4) is 0 Å². The van der Waals surface area contributed by atoms with Gasteiger partial charge in [0.05, 0.1) is 23.6 Å². The lowest BCUT2D eigenvalue weighted by atomic mass is 9.82. The number of aryl methyl sites for hydroxylation is 2. The molecule has 2 atom stereocenters. The van der Waals surface area contributed by atoms with E-state index in [1.807, 2.05) is 0 Å². The number of carbonyl (C=O) groups excluding carboxylic acids is 2. The van der Waals surface area contributed by atoms with Gasteiger partial charge in [-0.1, -0.05) is 0 Å². The number of likely N-dealkylation sites (tertiary alicyclic amines) is 2. The summed E-state index contributed by atoms with van der Waals surface area (Å²) in [6, 6.07) is 3.54. The van der Waals surface area contributed by atoms with E-state index in [0.717, 1.165) is 0 Å². The molecular weight excluding hydrogens is 346 g/mol. The summed E-state index contributed by atoms with van der Waals surface area (Å²) in [5.74, 6) is -0.117. The number of hydrogen-bond donors (Lipinski definition) is 2. The molecule has 2 N–H and O–H groups in total. The van der Waals surface area contributed by atoms with Gasteiger partial charge in [-0.05, 0) is 26.0 Å². The largest absolute Gasteiger partial charge is 0.396 e. The van der Waals surface area contributed by atoms with Crippen LogP contribution in [0, 0.1) is 25.2 Å². The summed E-state index contributed by atoms with van der Waals surface area (Å²) in [7, 11) is 0. The van der Waals surface area contributed by atoms with Crippen LogP contribution in [0.2, 0.25) is 0 Å². The zero-order chi connectivity index (χ0) is 19.2. The number of aromatic nitrogens is 3. The van der Waals surface area contributed by atoms with Gasteiger partial charge in [0, 0.05) is 43.7 Å². The Morgan fingerprint density at radius 3 is 2.33 bits per heavy atom. The number of carbonyl (C=O) groups is 2. The van der Waals surface area contributed by atoms with Crippen molar-refractivity contribution in [1.29, 1.82) is 0 Å². The highest BCUT2D eigenvalue weighted by atomic mass is 16.3. The SMILES string of the molecule is Cc1ncnc(C)c1C(=O)N1C[C@H]2CN(C(=O)c3ccc[nH]3)C[C@@]2(CO)C1. The summed E-state index contributed by atoms with van der Waals surface area (Å²) in [5.41, 5.74) is 1.92. The van der Waals surface area contributed by atoms with E-state index in [-0.39, 0.29) is 24.3 Å². The minimum Gasteiger partial charge on any atom is -0.396 e. The van der Waals surface area contributed by atoms with Crippen molar-refractivity contribution in [3.63, 3.8) is 0 Å². The molecule has 2 aliphatic heterocycles. The van der Waals surface area contributed by atoms with Crippen molar-refractivity contribution in [2.75, 3.05) is 32.8 Å². The molecule has 0 spiro atoms. The Morgan fingerprint density at radius 2 is 1.81 bits per heavy atom. The number of fused-ring (bicyclic) bond motifs is 1. The van der Waals surface area contributed by atoms with Gasteiger partial charge in [0.15, 0.2) is 0 Å². The highest BCUT2D eigenvalue weighted by Crippen LogP contribution is 2.43. The van der Waals surface area contributed by atoms with E-state index in [9.17, 15) is 14.7 Å². The Morgan fingerprint density at radius 1 is 1.19 bits per heavy atom. The van der Waals surface area contributed by atoms with Crippen LogP contribution in [0.1, 0.15) is 32.2 Å². The molecule has 8 nitrogen and oxygen atoms in total. The van der Waals surface area contributed by atoms with Crippen molar-refractivity contribution in [2.45, 2.75) is 13.8 Å². The molecule has 4 heterocycles.